The van der Waals surface area contributed by atoms with Crippen LogP contribution in [0.3, 0.4) is 0 Å². The quantitative estimate of drug-likeness (QED) is 0.0810. The lowest BCUT2D eigenvalue weighted by atomic mass is 9.98. The van der Waals surface area contributed by atoms with Crippen LogP contribution in [0.1, 0.15) is 5.69 Å². The molecule has 2 amide bonds. The van der Waals surface area contributed by atoms with E-state index in [0.29, 0.717) is 0 Å². The van der Waals surface area contributed by atoms with E-state index in [9.17, 15) is 22.8 Å². The summed E-state index contributed by atoms with van der Waals surface area (Å²) in [6.45, 7) is 3.38. The number of anilines is 1. The number of nitrogen functional groups attached to an aromatic ring is 1. The first-order chi connectivity index (χ1) is 13.1. The molecule has 2 rings (SSSR count). The molecule has 1 fully saturated rings. The van der Waals surface area contributed by atoms with E-state index in [1.165, 1.54) is 11.5 Å². The largest absolute Gasteiger partial charge is 0.467 e. The predicted octanol–water partition coefficient (Wildman–Crippen LogP) is -1.70. The number of esters is 1. The molecule has 2 atom stereocenters. The number of β-lactam (4-membered cyclic amide) rings is 1. The number of amides is 2. The summed E-state index contributed by atoms with van der Waals surface area (Å²) in [6.07, 6.45) is 1.36. The van der Waals surface area contributed by atoms with Gasteiger partial charge in [0.1, 0.15) is 18.3 Å². The van der Waals surface area contributed by atoms with Crippen molar-refractivity contribution in [1.82, 2.24) is 14.6 Å². The summed E-state index contributed by atoms with van der Waals surface area (Å²) >= 11 is 1.01. The summed E-state index contributed by atoms with van der Waals surface area (Å²) in [5.41, 5.74) is 5.17. The van der Waals surface area contributed by atoms with E-state index < -0.39 is 40.2 Å². The smallest absolute Gasteiger partial charge is 0.363 e. The van der Waals surface area contributed by atoms with Crippen LogP contribution in [-0.2, 0) is 34.3 Å². The highest BCUT2D eigenvalue weighted by atomic mass is 32.2. The van der Waals surface area contributed by atoms with Crippen molar-refractivity contribution in [2.24, 2.45) is 5.16 Å². The molecule has 1 aliphatic heterocycles. The van der Waals surface area contributed by atoms with E-state index >= 15 is 0 Å². The number of hydrogen-bond donors (Lipinski definition) is 3. The maximum absolute atomic E-state index is 12.6. The summed E-state index contributed by atoms with van der Waals surface area (Å²) in [5.74, 6) is -3.41. The second-order valence-electron chi connectivity index (χ2n) is 5.13. The number of ether oxygens (including phenoxy) is 1. The summed E-state index contributed by atoms with van der Waals surface area (Å²) in [5, 5.41) is 7.28. The standard InChI is InChI=1S/C13H15N5O8S2/c1-3-4-26-17-7(6-5-27-13(14)15-6)10(19)16-8-9(12(21)25-2)18(11(8)20)28(22,23)24/h3,5,8-9H,1,4H2,2H3,(H2,14,15)(H,16,19)(H,22,23,24)/b17-7+/t8-,9-/m1/s1. The fourth-order valence-electron chi connectivity index (χ4n) is 2.18. The van der Waals surface area contributed by atoms with Gasteiger partial charge < -0.3 is 20.6 Å². The van der Waals surface area contributed by atoms with Crippen molar-refractivity contribution in [3.63, 3.8) is 0 Å². The molecule has 2 heterocycles. The summed E-state index contributed by atoms with van der Waals surface area (Å²) < 4.78 is 36.0. The molecule has 0 unspecified atom stereocenters. The number of carbonyl (C=O) groups is 3. The molecular weight excluding hydrogens is 418 g/mol. The van der Waals surface area contributed by atoms with Crippen molar-refractivity contribution in [3.8, 4) is 0 Å². The number of nitrogens with one attached hydrogen (secondary N) is 1. The molecule has 152 valence electrons. The predicted molar refractivity (Wildman–Crippen MR) is 95.3 cm³/mol. The number of carbonyl (C=O) groups excluding carboxylic acids is 3. The Bertz CT molecular complexity index is 940. The Labute approximate surface area is 162 Å². The molecule has 13 nitrogen and oxygen atoms in total. The fourth-order valence-corrected chi connectivity index (χ4v) is 3.56. The lowest BCUT2D eigenvalue weighted by Crippen LogP contribution is -2.74. The number of methoxy groups -OCH3 is 1. The van der Waals surface area contributed by atoms with Gasteiger partial charge in [-0.2, -0.15) is 12.7 Å². The van der Waals surface area contributed by atoms with Gasteiger partial charge in [0.2, 0.25) is 0 Å². The maximum Gasteiger partial charge on any atom is 0.363 e. The molecule has 1 aliphatic rings. The van der Waals surface area contributed by atoms with Crippen molar-refractivity contribution in [1.29, 1.82) is 0 Å². The Balaban J connectivity index is 2.28. The number of nitrogens with zero attached hydrogens (tertiary/aromatic N) is 3. The number of aromatic nitrogens is 1. The van der Waals surface area contributed by atoms with Crippen LogP contribution in [0.25, 0.3) is 0 Å². The number of hydrogen-bond acceptors (Lipinski definition) is 11. The molecular formula is C13H15N5O8S2. The zero-order valence-electron chi connectivity index (χ0n) is 14.3. The van der Waals surface area contributed by atoms with E-state index in [4.69, 9.17) is 15.1 Å². The first-order valence-electron chi connectivity index (χ1n) is 7.33. The monoisotopic (exact) mass is 433 g/mol. The molecule has 0 aliphatic carbocycles. The van der Waals surface area contributed by atoms with Crippen LogP contribution < -0.4 is 11.1 Å². The Hall–Kier alpha value is -3.04. The van der Waals surface area contributed by atoms with E-state index in [1.807, 2.05) is 0 Å². The number of nitrogens with two attached hydrogens (primary N) is 1. The summed E-state index contributed by atoms with van der Waals surface area (Å²) in [7, 11) is -4.09. The second kappa shape index (κ2) is 8.32. The minimum absolute atomic E-state index is 0.0251. The highest BCUT2D eigenvalue weighted by Crippen LogP contribution is 2.25. The minimum atomic E-state index is -5.04. The third-order valence-electron chi connectivity index (χ3n) is 3.36. The number of thiazole rings is 1. The van der Waals surface area contributed by atoms with E-state index in [2.05, 4.69) is 26.8 Å². The molecule has 0 spiro atoms. The third kappa shape index (κ3) is 4.26. The average molecular weight is 433 g/mol. The lowest BCUT2D eigenvalue weighted by Gasteiger charge is -2.41. The Kier molecular flexibility index (Phi) is 6.32. The zero-order valence-corrected chi connectivity index (χ0v) is 15.9. The van der Waals surface area contributed by atoms with Crippen LogP contribution in [0.15, 0.2) is 23.2 Å². The third-order valence-corrected chi connectivity index (χ3v) is 4.94. The van der Waals surface area contributed by atoms with Gasteiger partial charge in [0, 0.05) is 5.38 Å². The SMILES string of the molecule is C=CCO/N=C(/C(=O)N[C@H]1C(=O)N(S(=O)(=O)O)[C@H]1C(=O)OC)c1csc(N)n1. The first kappa shape index (κ1) is 21.3. The van der Waals surface area contributed by atoms with E-state index in [0.717, 1.165) is 18.4 Å². The van der Waals surface area contributed by atoms with Crippen LogP contribution in [0.4, 0.5) is 5.13 Å². The van der Waals surface area contributed by atoms with Gasteiger partial charge in [0.05, 0.1) is 7.11 Å². The van der Waals surface area contributed by atoms with Gasteiger partial charge in [-0.15, -0.1) is 11.3 Å². The van der Waals surface area contributed by atoms with Crippen LogP contribution in [-0.4, -0.2) is 71.6 Å². The second-order valence-corrected chi connectivity index (χ2v) is 7.31. The first-order valence-corrected chi connectivity index (χ1v) is 9.61. The van der Waals surface area contributed by atoms with E-state index in [-0.39, 0.29) is 27.4 Å². The van der Waals surface area contributed by atoms with Crippen LogP contribution in [0, 0.1) is 0 Å². The fraction of sp³-hybridized carbons (Fsp3) is 0.308. The molecule has 1 saturated heterocycles. The van der Waals surface area contributed by atoms with Gasteiger partial charge in [0.25, 0.3) is 11.8 Å². The molecule has 15 heteroatoms. The van der Waals surface area contributed by atoms with Crippen molar-refractivity contribution in [3.05, 3.63) is 23.7 Å². The molecule has 0 bridgehead atoms. The van der Waals surface area contributed by atoms with Crippen LogP contribution >= 0.6 is 11.3 Å². The molecule has 1 aromatic rings. The maximum atomic E-state index is 12.6. The average Bonchev–Trinajstić information content (AvgIpc) is 3.04. The van der Waals surface area contributed by atoms with Gasteiger partial charge in [-0.05, 0) is 0 Å². The van der Waals surface area contributed by atoms with Gasteiger partial charge in [-0.3, -0.25) is 14.1 Å². The Morgan fingerprint density at radius 2 is 2.25 bits per heavy atom. The van der Waals surface area contributed by atoms with Gasteiger partial charge in [-0.25, -0.2) is 9.78 Å². The highest BCUT2D eigenvalue weighted by Gasteiger charge is 2.58. The van der Waals surface area contributed by atoms with Crippen molar-refractivity contribution >= 4 is 50.3 Å². The molecule has 4 N–H and O–H groups in total. The number of oxime groups is 1. The molecule has 0 aromatic carbocycles. The molecule has 28 heavy (non-hydrogen) atoms. The van der Waals surface area contributed by atoms with Crippen LogP contribution in [0.5, 0.6) is 0 Å². The molecule has 0 radical (unpaired) electrons. The summed E-state index contributed by atoms with van der Waals surface area (Å²) in [4.78, 5) is 45.2. The van der Waals surface area contributed by atoms with Crippen molar-refractivity contribution in [2.45, 2.75) is 12.1 Å². The highest BCUT2D eigenvalue weighted by molar-refractivity contribution is 7.84. The van der Waals surface area contributed by atoms with Crippen LogP contribution in [0.2, 0.25) is 0 Å². The van der Waals surface area contributed by atoms with Gasteiger partial charge in [-0.1, -0.05) is 17.8 Å². The normalized spacial score (nSPS) is 19.6. The lowest BCUT2D eigenvalue weighted by molar-refractivity contribution is -0.162. The number of rotatable bonds is 8. The van der Waals surface area contributed by atoms with Gasteiger partial charge in [0.15, 0.2) is 16.9 Å². The van der Waals surface area contributed by atoms with Crippen molar-refractivity contribution < 1.29 is 36.9 Å². The Morgan fingerprint density at radius 3 is 2.75 bits per heavy atom. The molecule has 1 aromatic heterocycles. The van der Waals surface area contributed by atoms with E-state index in [1.54, 1.807) is 0 Å². The molecule has 0 saturated carbocycles. The minimum Gasteiger partial charge on any atom is -0.467 e. The topological polar surface area (TPSA) is 191 Å². The Morgan fingerprint density at radius 1 is 1.57 bits per heavy atom. The summed E-state index contributed by atoms with van der Waals surface area (Å²) in [6, 6.07) is -3.41. The van der Waals surface area contributed by atoms with Gasteiger partial charge >= 0.3 is 16.3 Å². The zero-order chi connectivity index (χ0) is 21.1. The van der Waals surface area contributed by atoms with Crippen molar-refractivity contribution in [2.75, 3.05) is 19.5 Å².